The molecule has 0 heterocycles. The maximum Gasteiger partial charge on any atom is 0.407 e. The van der Waals surface area contributed by atoms with Gasteiger partial charge in [0.1, 0.15) is 6.61 Å². The maximum absolute atomic E-state index is 11.7. The lowest BCUT2D eigenvalue weighted by Gasteiger charge is -2.20. The fraction of sp³-hybridized carbons (Fsp3) is 0.579. The molecular weight excluding hydrogens is 318 g/mol. The first-order valence-corrected chi connectivity index (χ1v) is 8.66. The summed E-state index contributed by atoms with van der Waals surface area (Å²) in [6, 6.07) is 7.88. The van der Waals surface area contributed by atoms with E-state index in [1.807, 2.05) is 38.1 Å². The molecular formula is C19H31N3O3. The molecule has 1 aromatic carbocycles. The molecule has 0 aliphatic carbocycles. The van der Waals surface area contributed by atoms with Gasteiger partial charge in [-0.2, -0.15) is 0 Å². The predicted molar refractivity (Wildman–Crippen MR) is 99.1 cm³/mol. The van der Waals surface area contributed by atoms with E-state index in [4.69, 9.17) is 4.74 Å². The summed E-state index contributed by atoms with van der Waals surface area (Å²) in [6.45, 7) is 11.8. The fourth-order valence-corrected chi connectivity index (χ4v) is 1.93. The van der Waals surface area contributed by atoms with Gasteiger partial charge in [-0.1, -0.05) is 38.1 Å². The molecule has 0 aromatic heterocycles. The highest BCUT2D eigenvalue weighted by Crippen LogP contribution is 2.09. The Morgan fingerprint density at radius 2 is 1.80 bits per heavy atom. The van der Waals surface area contributed by atoms with Crippen LogP contribution in [0.3, 0.4) is 0 Å². The summed E-state index contributed by atoms with van der Waals surface area (Å²) >= 11 is 0. The third kappa shape index (κ3) is 10.4. The number of nitrogens with one attached hydrogen (secondary N) is 3. The zero-order chi connectivity index (χ0) is 18.9. The standard InChI is InChI=1S/C19H31N3O3/c1-14(2)10-20-17(23)12-21-18(24)25-13-16-8-6-7-15(9-16)11-22-19(3,4)5/h6-9,14,22H,10-13H2,1-5H3,(H,20,23)(H,21,24). The normalized spacial score (nSPS) is 11.3. The van der Waals surface area contributed by atoms with Crippen LogP contribution < -0.4 is 16.0 Å². The van der Waals surface area contributed by atoms with E-state index in [0.29, 0.717) is 12.5 Å². The number of rotatable bonds is 8. The van der Waals surface area contributed by atoms with E-state index in [1.54, 1.807) is 0 Å². The minimum Gasteiger partial charge on any atom is -0.445 e. The molecule has 0 saturated heterocycles. The molecule has 0 spiro atoms. The van der Waals surface area contributed by atoms with Crippen molar-refractivity contribution in [3.63, 3.8) is 0 Å². The summed E-state index contributed by atoms with van der Waals surface area (Å²) in [6.07, 6.45) is -0.599. The zero-order valence-corrected chi connectivity index (χ0v) is 15.9. The number of carbonyl (C=O) groups excluding carboxylic acids is 2. The molecule has 0 fully saturated rings. The molecule has 0 bridgehead atoms. The van der Waals surface area contributed by atoms with Crippen LogP contribution in [0.5, 0.6) is 0 Å². The quantitative estimate of drug-likeness (QED) is 0.674. The molecule has 0 saturated carbocycles. The van der Waals surface area contributed by atoms with Crippen molar-refractivity contribution in [2.45, 2.75) is 53.3 Å². The van der Waals surface area contributed by atoms with Gasteiger partial charge in [-0.05, 0) is 37.8 Å². The molecule has 1 aromatic rings. The number of ether oxygens (including phenoxy) is 1. The molecule has 0 aliphatic heterocycles. The van der Waals surface area contributed by atoms with Gasteiger partial charge in [0.15, 0.2) is 0 Å². The molecule has 2 amide bonds. The third-order valence-electron chi connectivity index (χ3n) is 3.28. The molecule has 0 radical (unpaired) electrons. The topological polar surface area (TPSA) is 79.5 Å². The van der Waals surface area contributed by atoms with E-state index in [1.165, 1.54) is 0 Å². The largest absolute Gasteiger partial charge is 0.445 e. The van der Waals surface area contributed by atoms with E-state index in [-0.39, 0.29) is 24.6 Å². The zero-order valence-electron chi connectivity index (χ0n) is 15.9. The van der Waals surface area contributed by atoms with Crippen LogP contribution in [0.4, 0.5) is 4.79 Å². The summed E-state index contributed by atoms with van der Waals surface area (Å²) in [7, 11) is 0. The molecule has 140 valence electrons. The molecule has 6 nitrogen and oxygen atoms in total. The van der Waals surface area contributed by atoms with Crippen molar-refractivity contribution in [1.82, 2.24) is 16.0 Å². The van der Waals surface area contributed by atoms with Crippen molar-refractivity contribution >= 4 is 12.0 Å². The summed E-state index contributed by atoms with van der Waals surface area (Å²) in [5.41, 5.74) is 2.08. The highest BCUT2D eigenvalue weighted by atomic mass is 16.5. The van der Waals surface area contributed by atoms with Gasteiger partial charge in [0.25, 0.3) is 0 Å². The van der Waals surface area contributed by atoms with Crippen LogP contribution in [0.15, 0.2) is 24.3 Å². The molecule has 0 atom stereocenters. The van der Waals surface area contributed by atoms with Crippen LogP contribution in [0.1, 0.15) is 45.7 Å². The highest BCUT2D eigenvalue weighted by molar-refractivity contribution is 5.82. The monoisotopic (exact) mass is 349 g/mol. The van der Waals surface area contributed by atoms with Crippen molar-refractivity contribution in [2.24, 2.45) is 5.92 Å². The van der Waals surface area contributed by atoms with Gasteiger partial charge < -0.3 is 20.7 Å². The van der Waals surface area contributed by atoms with Crippen LogP contribution in [0.2, 0.25) is 0 Å². The van der Waals surface area contributed by atoms with E-state index in [9.17, 15) is 9.59 Å². The van der Waals surface area contributed by atoms with Crippen LogP contribution in [-0.2, 0) is 22.7 Å². The molecule has 1 rings (SSSR count). The first-order valence-electron chi connectivity index (χ1n) is 8.66. The summed E-state index contributed by atoms with van der Waals surface area (Å²) < 4.78 is 5.15. The van der Waals surface area contributed by atoms with Gasteiger partial charge in [0, 0.05) is 18.6 Å². The van der Waals surface area contributed by atoms with Crippen LogP contribution >= 0.6 is 0 Å². The molecule has 25 heavy (non-hydrogen) atoms. The van der Waals surface area contributed by atoms with E-state index in [2.05, 4.69) is 36.7 Å². The van der Waals surface area contributed by atoms with Gasteiger partial charge in [0.2, 0.25) is 5.91 Å². The molecule has 3 N–H and O–H groups in total. The first kappa shape index (κ1) is 21.0. The number of benzene rings is 1. The van der Waals surface area contributed by atoms with Gasteiger partial charge in [0.05, 0.1) is 6.54 Å². The van der Waals surface area contributed by atoms with Gasteiger partial charge in [-0.3, -0.25) is 4.79 Å². The van der Waals surface area contributed by atoms with Gasteiger partial charge in [-0.25, -0.2) is 4.79 Å². The van der Waals surface area contributed by atoms with Crippen molar-refractivity contribution in [3.05, 3.63) is 35.4 Å². The Kier molecular flexibility index (Phi) is 8.41. The first-order chi connectivity index (χ1) is 11.7. The lowest BCUT2D eigenvalue weighted by molar-refractivity contribution is -0.120. The summed E-state index contributed by atoms with van der Waals surface area (Å²) in [4.78, 5) is 23.2. The molecule has 0 unspecified atom stereocenters. The molecule has 0 aliphatic rings. The smallest absolute Gasteiger partial charge is 0.407 e. The fourth-order valence-electron chi connectivity index (χ4n) is 1.93. The SMILES string of the molecule is CC(C)CNC(=O)CNC(=O)OCc1cccc(CNC(C)(C)C)c1. The average molecular weight is 349 g/mol. The van der Waals surface area contributed by atoms with Crippen molar-refractivity contribution in [1.29, 1.82) is 0 Å². The number of hydrogen-bond acceptors (Lipinski definition) is 4. The van der Waals surface area contributed by atoms with Crippen molar-refractivity contribution < 1.29 is 14.3 Å². The van der Waals surface area contributed by atoms with Crippen LogP contribution in [0.25, 0.3) is 0 Å². The van der Waals surface area contributed by atoms with Crippen molar-refractivity contribution in [3.8, 4) is 0 Å². The Labute approximate surface area is 150 Å². The Morgan fingerprint density at radius 1 is 1.12 bits per heavy atom. The minimum atomic E-state index is -0.599. The van der Waals surface area contributed by atoms with Crippen molar-refractivity contribution in [2.75, 3.05) is 13.1 Å². The lowest BCUT2D eigenvalue weighted by atomic mass is 10.1. The number of alkyl carbamates (subject to hydrolysis) is 1. The third-order valence-corrected chi connectivity index (χ3v) is 3.28. The Morgan fingerprint density at radius 3 is 2.44 bits per heavy atom. The van der Waals surface area contributed by atoms with Gasteiger partial charge >= 0.3 is 6.09 Å². The van der Waals surface area contributed by atoms with Crippen LogP contribution in [-0.4, -0.2) is 30.6 Å². The van der Waals surface area contributed by atoms with E-state index in [0.717, 1.165) is 17.7 Å². The second-order valence-electron chi connectivity index (χ2n) is 7.55. The Bertz CT molecular complexity index is 565. The maximum atomic E-state index is 11.7. The highest BCUT2D eigenvalue weighted by Gasteiger charge is 2.09. The average Bonchev–Trinajstić information content (AvgIpc) is 2.54. The number of hydrogen-bond donors (Lipinski definition) is 3. The second-order valence-corrected chi connectivity index (χ2v) is 7.55. The summed E-state index contributed by atoms with van der Waals surface area (Å²) in [5, 5.41) is 8.60. The Balaban J connectivity index is 2.34. The number of carbonyl (C=O) groups is 2. The van der Waals surface area contributed by atoms with E-state index >= 15 is 0 Å². The Hall–Kier alpha value is -2.08. The lowest BCUT2D eigenvalue weighted by Crippen LogP contribution is -2.38. The summed E-state index contributed by atoms with van der Waals surface area (Å²) in [5.74, 6) is 0.150. The minimum absolute atomic E-state index is 0.0442. The van der Waals surface area contributed by atoms with Crippen LogP contribution in [0, 0.1) is 5.92 Å². The van der Waals surface area contributed by atoms with Gasteiger partial charge in [-0.15, -0.1) is 0 Å². The second kappa shape index (κ2) is 10.0. The molecule has 6 heteroatoms. The van der Waals surface area contributed by atoms with E-state index < -0.39 is 6.09 Å². The number of amides is 2. The predicted octanol–water partition coefficient (Wildman–Crippen LogP) is 2.57.